The molecule has 0 heterocycles. The van der Waals surface area contributed by atoms with Crippen molar-refractivity contribution in [1.82, 2.24) is 5.32 Å². The van der Waals surface area contributed by atoms with Crippen LogP contribution in [-0.4, -0.2) is 35.9 Å². The lowest BCUT2D eigenvalue weighted by Gasteiger charge is -2.19. The van der Waals surface area contributed by atoms with Crippen LogP contribution in [0.1, 0.15) is 56.0 Å². The van der Waals surface area contributed by atoms with Gasteiger partial charge in [0, 0.05) is 6.54 Å². The van der Waals surface area contributed by atoms with E-state index in [0.717, 1.165) is 19.3 Å². The number of hydrogen-bond acceptors (Lipinski definition) is 4. The van der Waals surface area contributed by atoms with Gasteiger partial charge in [0.25, 0.3) is 0 Å². The highest BCUT2D eigenvalue weighted by Crippen LogP contribution is 2.17. The number of benzene rings is 1. The number of hydrogen-bond donors (Lipinski definition) is 2. The van der Waals surface area contributed by atoms with Crippen molar-refractivity contribution in [2.75, 3.05) is 13.2 Å². The van der Waals surface area contributed by atoms with Crippen LogP contribution in [0.4, 0.5) is 4.79 Å². The Morgan fingerprint density at radius 2 is 1.88 bits per heavy atom. The molecule has 1 aromatic carbocycles. The number of rotatable bonds is 8. The summed E-state index contributed by atoms with van der Waals surface area (Å²) in [5.41, 5.74) is 0.490. The van der Waals surface area contributed by atoms with Gasteiger partial charge in [0.1, 0.15) is 11.4 Å². The van der Waals surface area contributed by atoms with Gasteiger partial charge in [0.05, 0.1) is 12.2 Å². The van der Waals surface area contributed by atoms with Crippen molar-refractivity contribution in [2.45, 2.75) is 52.6 Å². The predicted molar refractivity (Wildman–Crippen MR) is 91.7 cm³/mol. The lowest BCUT2D eigenvalue weighted by atomic mass is 10.1. The van der Waals surface area contributed by atoms with Crippen LogP contribution in [0.15, 0.2) is 18.2 Å². The van der Waals surface area contributed by atoms with E-state index in [1.807, 2.05) is 20.8 Å². The first kappa shape index (κ1) is 19.8. The van der Waals surface area contributed by atoms with Crippen molar-refractivity contribution in [1.29, 1.82) is 0 Å². The lowest BCUT2D eigenvalue weighted by Crippen LogP contribution is -2.33. The van der Waals surface area contributed by atoms with Gasteiger partial charge in [0.15, 0.2) is 0 Å². The molecule has 0 aliphatic rings. The number of ether oxygens (including phenoxy) is 2. The molecule has 0 spiro atoms. The van der Waals surface area contributed by atoms with Gasteiger partial charge in [0.2, 0.25) is 0 Å². The second-order valence-electron chi connectivity index (χ2n) is 6.62. The minimum atomic E-state index is -0.934. The van der Waals surface area contributed by atoms with E-state index < -0.39 is 17.7 Å². The summed E-state index contributed by atoms with van der Waals surface area (Å²) in [6.07, 6.45) is 2.23. The fourth-order valence-electron chi connectivity index (χ4n) is 2.06. The summed E-state index contributed by atoms with van der Waals surface area (Å²) >= 11 is 0. The molecular weight excluding hydrogens is 310 g/mol. The summed E-state index contributed by atoms with van der Waals surface area (Å²) in [7, 11) is 0. The maximum absolute atomic E-state index is 11.4. The molecule has 0 radical (unpaired) electrons. The number of amides is 1. The number of nitrogens with one attached hydrogen (secondary N) is 1. The van der Waals surface area contributed by atoms with Gasteiger partial charge in [-0.05, 0) is 70.7 Å². The maximum atomic E-state index is 11.4. The van der Waals surface area contributed by atoms with Crippen LogP contribution in [-0.2, 0) is 4.74 Å². The third-order valence-corrected chi connectivity index (χ3v) is 3.19. The lowest BCUT2D eigenvalue weighted by molar-refractivity contribution is 0.0526. The summed E-state index contributed by atoms with van der Waals surface area (Å²) in [4.78, 5) is 22.4. The van der Waals surface area contributed by atoms with E-state index in [4.69, 9.17) is 14.6 Å². The topological polar surface area (TPSA) is 84.9 Å². The van der Waals surface area contributed by atoms with Crippen LogP contribution < -0.4 is 10.1 Å². The highest BCUT2D eigenvalue weighted by Gasteiger charge is 2.15. The third kappa shape index (κ3) is 7.85. The van der Waals surface area contributed by atoms with Crippen LogP contribution in [0.3, 0.4) is 0 Å². The van der Waals surface area contributed by atoms with Gasteiger partial charge >= 0.3 is 12.1 Å². The Morgan fingerprint density at radius 1 is 1.17 bits per heavy atom. The number of alkyl carbamates (subject to hydrolysis) is 1. The molecule has 0 aliphatic carbocycles. The van der Waals surface area contributed by atoms with Crippen LogP contribution in [0.5, 0.6) is 5.75 Å². The number of carbonyl (C=O) groups excluding carboxylic acids is 1. The maximum Gasteiger partial charge on any atom is 0.407 e. The minimum Gasteiger partial charge on any atom is -0.494 e. The number of carboxylic acids is 1. The van der Waals surface area contributed by atoms with E-state index in [1.54, 1.807) is 25.1 Å². The molecule has 0 atom stereocenters. The average molecular weight is 337 g/mol. The van der Waals surface area contributed by atoms with Crippen molar-refractivity contribution in [2.24, 2.45) is 0 Å². The highest BCUT2D eigenvalue weighted by molar-refractivity contribution is 5.89. The monoisotopic (exact) mass is 337 g/mol. The van der Waals surface area contributed by atoms with E-state index in [2.05, 4.69) is 5.32 Å². The smallest absolute Gasteiger partial charge is 0.407 e. The molecule has 0 bridgehead atoms. The highest BCUT2D eigenvalue weighted by atomic mass is 16.6. The van der Waals surface area contributed by atoms with Crippen molar-refractivity contribution < 1.29 is 24.2 Å². The van der Waals surface area contributed by atoms with Crippen molar-refractivity contribution >= 4 is 12.1 Å². The van der Waals surface area contributed by atoms with Crippen LogP contribution in [0.25, 0.3) is 0 Å². The Balaban J connectivity index is 2.15. The van der Waals surface area contributed by atoms with Crippen molar-refractivity contribution in [3.8, 4) is 5.75 Å². The van der Waals surface area contributed by atoms with Crippen molar-refractivity contribution in [3.63, 3.8) is 0 Å². The van der Waals surface area contributed by atoms with Gasteiger partial charge in [-0.25, -0.2) is 9.59 Å². The number of aromatic carboxylic acids is 1. The van der Waals surface area contributed by atoms with Crippen LogP contribution in [0.2, 0.25) is 0 Å². The fourth-order valence-corrected chi connectivity index (χ4v) is 2.06. The number of unbranched alkanes of at least 4 members (excludes halogenated alkanes) is 2. The molecule has 1 aromatic rings. The molecule has 0 saturated heterocycles. The Hall–Kier alpha value is -2.24. The molecule has 1 amide bonds. The predicted octanol–water partition coefficient (Wildman–Crippen LogP) is 3.77. The molecule has 134 valence electrons. The van der Waals surface area contributed by atoms with Crippen LogP contribution >= 0.6 is 0 Å². The second kappa shape index (κ2) is 9.15. The summed E-state index contributed by atoms with van der Waals surface area (Å²) in [5.74, 6) is -0.263. The standard InChI is InChI=1S/C18H27NO5/c1-13-12-14(8-9-15(13)16(20)21)23-11-7-5-6-10-19-17(22)24-18(2,3)4/h8-9,12H,5-7,10-11H2,1-4H3,(H,19,22)(H,20,21). The van der Waals surface area contributed by atoms with Gasteiger partial charge in [-0.2, -0.15) is 0 Å². The molecule has 0 fully saturated rings. The molecule has 0 unspecified atom stereocenters. The number of aryl methyl sites for hydroxylation is 1. The molecule has 6 heteroatoms. The number of carbonyl (C=O) groups is 2. The van der Waals surface area contributed by atoms with Gasteiger partial charge in [-0.1, -0.05) is 0 Å². The zero-order valence-corrected chi connectivity index (χ0v) is 14.8. The Bertz CT molecular complexity index is 563. The normalized spacial score (nSPS) is 11.0. The van der Waals surface area contributed by atoms with E-state index in [1.165, 1.54) is 0 Å². The number of carboxylic acid groups (broad SMARTS) is 1. The SMILES string of the molecule is Cc1cc(OCCCCCNC(=O)OC(C)(C)C)ccc1C(=O)O. The fraction of sp³-hybridized carbons (Fsp3) is 0.556. The summed E-state index contributed by atoms with van der Waals surface area (Å²) < 4.78 is 10.8. The van der Waals surface area contributed by atoms with Gasteiger partial charge < -0.3 is 19.9 Å². The molecular formula is C18H27NO5. The Labute approximate surface area is 143 Å². The van der Waals surface area contributed by atoms with Gasteiger partial charge in [-0.3, -0.25) is 0 Å². The first-order valence-corrected chi connectivity index (χ1v) is 8.12. The summed E-state index contributed by atoms with van der Waals surface area (Å²) in [5, 5.41) is 11.7. The molecule has 0 aromatic heterocycles. The van der Waals surface area contributed by atoms with Gasteiger partial charge in [-0.15, -0.1) is 0 Å². The Kier molecular flexibility index (Phi) is 7.55. The van der Waals surface area contributed by atoms with Crippen molar-refractivity contribution in [3.05, 3.63) is 29.3 Å². The summed E-state index contributed by atoms with van der Waals surface area (Å²) in [6, 6.07) is 4.95. The molecule has 24 heavy (non-hydrogen) atoms. The average Bonchev–Trinajstić information content (AvgIpc) is 2.44. The van der Waals surface area contributed by atoms with E-state index >= 15 is 0 Å². The second-order valence-corrected chi connectivity index (χ2v) is 6.62. The molecule has 2 N–H and O–H groups in total. The van der Waals surface area contributed by atoms with E-state index in [-0.39, 0.29) is 5.56 Å². The quantitative estimate of drug-likeness (QED) is 0.705. The molecule has 6 nitrogen and oxygen atoms in total. The summed E-state index contributed by atoms with van der Waals surface area (Å²) in [6.45, 7) is 8.36. The van der Waals surface area contributed by atoms with E-state index in [9.17, 15) is 9.59 Å². The first-order valence-electron chi connectivity index (χ1n) is 8.12. The van der Waals surface area contributed by atoms with Crippen LogP contribution in [0, 0.1) is 6.92 Å². The zero-order chi connectivity index (χ0) is 18.2. The zero-order valence-electron chi connectivity index (χ0n) is 14.8. The Morgan fingerprint density at radius 3 is 2.46 bits per heavy atom. The van der Waals surface area contributed by atoms with E-state index in [0.29, 0.717) is 24.5 Å². The molecule has 0 saturated carbocycles. The minimum absolute atomic E-state index is 0.288. The molecule has 1 rings (SSSR count). The molecule has 0 aliphatic heterocycles. The largest absolute Gasteiger partial charge is 0.494 e. The third-order valence-electron chi connectivity index (χ3n) is 3.19. The first-order chi connectivity index (χ1) is 11.2.